The average Bonchev–Trinajstić information content (AvgIpc) is 2.85. The molecule has 4 nitrogen and oxygen atoms in total. The summed E-state index contributed by atoms with van der Waals surface area (Å²) in [6.07, 6.45) is 0. The summed E-state index contributed by atoms with van der Waals surface area (Å²) in [6.45, 7) is 6.33. The number of nitrogens with zero attached hydrogens (tertiary/aromatic N) is 2. The normalized spacial score (nSPS) is 10.7. The van der Waals surface area contributed by atoms with E-state index in [-0.39, 0.29) is 5.91 Å². The molecule has 0 saturated carbocycles. The zero-order valence-corrected chi connectivity index (χ0v) is 15.3. The lowest BCUT2D eigenvalue weighted by Crippen LogP contribution is -2.14. The largest absolute Gasteiger partial charge is 0.319 e. The van der Waals surface area contributed by atoms with Crippen LogP contribution in [0.2, 0.25) is 5.02 Å². The molecular weight excluding hydrogens is 334 g/mol. The van der Waals surface area contributed by atoms with Gasteiger partial charge in [0.25, 0.3) is 5.91 Å². The summed E-state index contributed by atoms with van der Waals surface area (Å²) >= 11 is 6.24. The van der Waals surface area contributed by atoms with Gasteiger partial charge in [0.05, 0.1) is 23.6 Å². The van der Waals surface area contributed by atoms with E-state index in [1.165, 1.54) is 0 Å². The Hall–Kier alpha value is -2.59. The van der Waals surface area contributed by atoms with E-state index >= 15 is 0 Å². The highest BCUT2D eigenvalue weighted by molar-refractivity contribution is 6.31. The average molecular weight is 354 g/mol. The van der Waals surface area contributed by atoms with Crippen LogP contribution in [0.15, 0.2) is 48.5 Å². The smallest absolute Gasteiger partial charge is 0.256 e. The van der Waals surface area contributed by atoms with Gasteiger partial charge in [0, 0.05) is 10.6 Å². The van der Waals surface area contributed by atoms with Gasteiger partial charge in [0.15, 0.2) is 0 Å². The summed E-state index contributed by atoms with van der Waals surface area (Å²) in [5.74, 6) is -0.124. The van der Waals surface area contributed by atoms with E-state index in [0.717, 1.165) is 28.2 Å². The van der Waals surface area contributed by atoms with Crippen LogP contribution in [0.3, 0.4) is 0 Å². The molecule has 0 spiro atoms. The number of amides is 1. The van der Waals surface area contributed by atoms with Crippen molar-refractivity contribution in [2.24, 2.45) is 0 Å². The fourth-order valence-electron chi connectivity index (χ4n) is 2.83. The zero-order chi connectivity index (χ0) is 18.0. The molecule has 1 aromatic heterocycles. The molecule has 3 rings (SSSR count). The summed E-state index contributed by atoms with van der Waals surface area (Å²) in [4.78, 5) is 12.6. The molecular formula is C20H20ClN3O. The minimum atomic E-state index is -0.124. The van der Waals surface area contributed by atoms with Gasteiger partial charge >= 0.3 is 0 Å². The van der Waals surface area contributed by atoms with Crippen LogP contribution in [0.5, 0.6) is 0 Å². The fourth-order valence-corrected chi connectivity index (χ4v) is 3.02. The maximum absolute atomic E-state index is 12.6. The highest BCUT2D eigenvalue weighted by Gasteiger charge is 2.16. The molecule has 0 saturated heterocycles. The van der Waals surface area contributed by atoms with E-state index in [1.54, 1.807) is 0 Å². The third-order valence-electron chi connectivity index (χ3n) is 4.29. The first kappa shape index (κ1) is 17.2. The number of hydrogen-bond acceptors (Lipinski definition) is 2. The van der Waals surface area contributed by atoms with Crippen molar-refractivity contribution >= 4 is 23.2 Å². The van der Waals surface area contributed by atoms with Crippen LogP contribution in [0.25, 0.3) is 0 Å². The number of nitrogens with one attached hydrogen (secondary N) is 1. The third kappa shape index (κ3) is 3.59. The Morgan fingerprint density at radius 1 is 1.08 bits per heavy atom. The van der Waals surface area contributed by atoms with Crippen molar-refractivity contribution in [3.8, 4) is 0 Å². The third-order valence-corrected chi connectivity index (χ3v) is 4.66. The molecule has 0 bridgehead atoms. The lowest BCUT2D eigenvalue weighted by molar-refractivity contribution is 0.102. The van der Waals surface area contributed by atoms with Crippen molar-refractivity contribution in [3.63, 3.8) is 0 Å². The summed E-state index contributed by atoms with van der Waals surface area (Å²) < 4.78 is 1.87. The molecule has 0 atom stereocenters. The van der Waals surface area contributed by atoms with E-state index in [2.05, 4.69) is 10.4 Å². The van der Waals surface area contributed by atoms with Crippen LogP contribution in [0.4, 0.5) is 5.69 Å². The Balaban J connectivity index is 1.86. The second-order valence-electron chi connectivity index (χ2n) is 6.06. The predicted octanol–water partition coefficient (Wildman–Crippen LogP) is 4.76. The molecule has 1 N–H and O–H groups in total. The van der Waals surface area contributed by atoms with Gasteiger partial charge in [-0.05, 0) is 44.0 Å². The van der Waals surface area contributed by atoms with Crippen LogP contribution in [0.1, 0.15) is 32.9 Å². The fraction of sp³-hybridized carbons (Fsp3) is 0.200. The molecule has 3 aromatic rings. The summed E-state index contributed by atoms with van der Waals surface area (Å²) in [5, 5.41) is 8.27. The standard InChI is InChI=1S/C20H20ClN3O/c1-13-8-4-6-10-17(13)20(25)22-19-14(2)23-24(15(19)3)12-16-9-5-7-11-18(16)21/h4-11H,12H2,1-3H3,(H,22,25). The highest BCUT2D eigenvalue weighted by Crippen LogP contribution is 2.23. The Kier molecular flexibility index (Phi) is 4.91. The van der Waals surface area contributed by atoms with Crippen molar-refractivity contribution < 1.29 is 4.79 Å². The lowest BCUT2D eigenvalue weighted by Gasteiger charge is -2.09. The lowest BCUT2D eigenvalue weighted by atomic mass is 10.1. The number of anilines is 1. The van der Waals surface area contributed by atoms with Gasteiger partial charge in [-0.25, -0.2) is 0 Å². The minimum absolute atomic E-state index is 0.124. The summed E-state index contributed by atoms with van der Waals surface area (Å²) in [7, 11) is 0. The van der Waals surface area contributed by atoms with Crippen molar-refractivity contribution in [2.75, 3.05) is 5.32 Å². The van der Waals surface area contributed by atoms with E-state index in [0.29, 0.717) is 17.1 Å². The maximum atomic E-state index is 12.6. The second kappa shape index (κ2) is 7.11. The molecule has 0 radical (unpaired) electrons. The Bertz CT molecular complexity index is 930. The molecule has 128 valence electrons. The van der Waals surface area contributed by atoms with E-state index in [1.807, 2.05) is 74.0 Å². The molecule has 2 aromatic carbocycles. The van der Waals surface area contributed by atoms with Crippen LogP contribution in [0, 0.1) is 20.8 Å². The topological polar surface area (TPSA) is 46.9 Å². The van der Waals surface area contributed by atoms with Crippen molar-refractivity contribution in [1.82, 2.24) is 9.78 Å². The number of rotatable bonds is 4. The van der Waals surface area contributed by atoms with Crippen molar-refractivity contribution in [1.29, 1.82) is 0 Å². The Morgan fingerprint density at radius 2 is 1.76 bits per heavy atom. The van der Waals surface area contributed by atoms with Gasteiger partial charge in [-0.2, -0.15) is 5.10 Å². The van der Waals surface area contributed by atoms with Crippen LogP contribution >= 0.6 is 11.6 Å². The first-order chi connectivity index (χ1) is 12.0. The minimum Gasteiger partial charge on any atom is -0.319 e. The van der Waals surface area contributed by atoms with Gasteiger partial charge < -0.3 is 5.32 Å². The zero-order valence-electron chi connectivity index (χ0n) is 14.5. The number of carbonyl (C=O) groups excluding carboxylic acids is 1. The molecule has 25 heavy (non-hydrogen) atoms. The molecule has 0 unspecified atom stereocenters. The monoisotopic (exact) mass is 353 g/mol. The molecule has 5 heteroatoms. The quantitative estimate of drug-likeness (QED) is 0.734. The van der Waals surface area contributed by atoms with Crippen LogP contribution < -0.4 is 5.32 Å². The summed E-state index contributed by atoms with van der Waals surface area (Å²) in [6, 6.07) is 15.2. The Morgan fingerprint density at radius 3 is 2.48 bits per heavy atom. The second-order valence-corrected chi connectivity index (χ2v) is 6.47. The number of halogens is 1. The highest BCUT2D eigenvalue weighted by atomic mass is 35.5. The predicted molar refractivity (Wildman–Crippen MR) is 101 cm³/mol. The van der Waals surface area contributed by atoms with E-state index < -0.39 is 0 Å². The van der Waals surface area contributed by atoms with Crippen molar-refractivity contribution in [2.45, 2.75) is 27.3 Å². The molecule has 1 heterocycles. The van der Waals surface area contributed by atoms with Gasteiger partial charge in [-0.1, -0.05) is 48.0 Å². The summed E-state index contributed by atoms with van der Waals surface area (Å²) in [5.41, 5.74) is 5.04. The molecule has 0 aliphatic rings. The van der Waals surface area contributed by atoms with Gasteiger partial charge in [-0.15, -0.1) is 0 Å². The first-order valence-electron chi connectivity index (χ1n) is 8.11. The molecule has 1 amide bonds. The maximum Gasteiger partial charge on any atom is 0.256 e. The van der Waals surface area contributed by atoms with Gasteiger partial charge in [-0.3, -0.25) is 9.48 Å². The number of hydrogen-bond donors (Lipinski definition) is 1. The number of aromatic nitrogens is 2. The van der Waals surface area contributed by atoms with Gasteiger partial charge in [0.2, 0.25) is 0 Å². The first-order valence-corrected chi connectivity index (χ1v) is 8.49. The molecule has 0 aliphatic carbocycles. The SMILES string of the molecule is Cc1ccccc1C(=O)Nc1c(C)nn(Cc2ccccc2Cl)c1C. The van der Waals surface area contributed by atoms with E-state index in [9.17, 15) is 4.79 Å². The van der Waals surface area contributed by atoms with Crippen LogP contribution in [-0.2, 0) is 6.54 Å². The number of benzene rings is 2. The number of aryl methyl sites for hydroxylation is 2. The van der Waals surface area contributed by atoms with Gasteiger partial charge in [0.1, 0.15) is 0 Å². The Labute approximate surface area is 152 Å². The number of carbonyl (C=O) groups is 1. The molecule has 0 fully saturated rings. The van der Waals surface area contributed by atoms with E-state index in [4.69, 9.17) is 11.6 Å². The van der Waals surface area contributed by atoms with Crippen LogP contribution in [-0.4, -0.2) is 15.7 Å². The van der Waals surface area contributed by atoms with Crippen molar-refractivity contribution in [3.05, 3.63) is 81.6 Å². The molecule has 0 aliphatic heterocycles.